The third-order valence-electron chi connectivity index (χ3n) is 2.95. The molecule has 2 aromatic rings. The molecule has 1 aromatic heterocycles. The number of aliphatic hydroxyl groups is 1. The van der Waals surface area contributed by atoms with Gasteiger partial charge in [-0.1, -0.05) is 17.7 Å². The predicted octanol–water partition coefficient (Wildman–Crippen LogP) is 2.29. The molecule has 0 saturated heterocycles. The first-order chi connectivity index (χ1) is 9.08. The number of pyridine rings is 1. The molecule has 5 nitrogen and oxygen atoms in total. The Bertz CT molecular complexity index is 631. The van der Waals surface area contributed by atoms with Gasteiger partial charge in [-0.15, -0.1) is 0 Å². The number of benzene rings is 1. The summed E-state index contributed by atoms with van der Waals surface area (Å²) in [5.74, 6) is 0.444. The minimum atomic E-state index is -0.568. The fourth-order valence-electron chi connectivity index (χ4n) is 1.97. The van der Waals surface area contributed by atoms with Gasteiger partial charge >= 0.3 is 6.03 Å². The number of primary amides is 1. The number of aliphatic hydroxyl groups excluding tert-OH is 1. The number of hydrogen-bond acceptors (Lipinski definition) is 3. The van der Waals surface area contributed by atoms with E-state index >= 15 is 0 Å². The normalized spacial score (nSPS) is 10.7. The molecule has 1 heterocycles. The van der Waals surface area contributed by atoms with Crippen molar-refractivity contribution >= 4 is 34.2 Å². The Morgan fingerprint density at radius 1 is 1.47 bits per heavy atom. The van der Waals surface area contributed by atoms with Gasteiger partial charge in [0.2, 0.25) is 0 Å². The van der Waals surface area contributed by atoms with E-state index in [0.717, 1.165) is 16.3 Å². The number of amides is 2. The van der Waals surface area contributed by atoms with Crippen LogP contribution in [0.3, 0.4) is 0 Å². The number of carbonyl (C=O) groups is 1. The van der Waals surface area contributed by atoms with Crippen molar-refractivity contribution in [3.63, 3.8) is 0 Å². The van der Waals surface area contributed by atoms with Crippen LogP contribution in [0.1, 0.15) is 12.5 Å². The molecule has 0 unspecified atom stereocenters. The van der Waals surface area contributed by atoms with Crippen LogP contribution in [0.5, 0.6) is 0 Å². The molecule has 0 spiro atoms. The quantitative estimate of drug-likeness (QED) is 0.904. The summed E-state index contributed by atoms with van der Waals surface area (Å²) in [5, 5.41) is 11.4. The summed E-state index contributed by atoms with van der Waals surface area (Å²) in [7, 11) is 0. The molecule has 19 heavy (non-hydrogen) atoms. The molecule has 0 radical (unpaired) electrons. The summed E-state index contributed by atoms with van der Waals surface area (Å²) in [6.45, 7) is 2.12. The number of urea groups is 1. The number of hydrogen-bond donors (Lipinski definition) is 2. The minimum absolute atomic E-state index is 0.111. The van der Waals surface area contributed by atoms with Gasteiger partial charge in [0, 0.05) is 23.2 Å². The van der Waals surface area contributed by atoms with E-state index in [1.165, 1.54) is 4.90 Å². The first-order valence-electron chi connectivity index (χ1n) is 5.83. The summed E-state index contributed by atoms with van der Waals surface area (Å²) < 4.78 is 0. The fraction of sp³-hybridized carbons (Fsp3) is 0.231. The van der Waals surface area contributed by atoms with Crippen molar-refractivity contribution < 1.29 is 9.90 Å². The highest BCUT2D eigenvalue weighted by Crippen LogP contribution is 2.28. The molecule has 0 saturated carbocycles. The number of nitrogens with two attached hydrogens (primary N) is 1. The molecule has 3 N–H and O–H groups in total. The molecule has 2 amide bonds. The molecular weight excluding hydrogens is 266 g/mol. The van der Waals surface area contributed by atoms with Crippen molar-refractivity contribution in [3.8, 4) is 0 Å². The lowest BCUT2D eigenvalue weighted by molar-refractivity contribution is 0.254. The van der Waals surface area contributed by atoms with Gasteiger partial charge in [-0.05, 0) is 30.0 Å². The largest absolute Gasteiger partial charge is 0.392 e. The van der Waals surface area contributed by atoms with E-state index in [-0.39, 0.29) is 6.61 Å². The van der Waals surface area contributed by atoms with Crippen molar-refractivity contribution in [2.45, 2.75) is 13.5 Å². The topological polar surface area (TPSA) is 79.5 Å². The van der Waals surface area contributed by atoms with E-state index in [1.54, 1.807) is 24.4 Å². The lowest BCUT2D eigenvalue weighted by Gasteiger charge is -2.18. The number of rotatable bonds is 3. The van der Waals surface area contributed by atoms with Crippen LogP contribution in [0, 0.1) is 0 Å². The van der Waals surface area contributed by atoms with Crippen molar-refractivity contribution in [2.24, 2.45) is 5.73 Å². The maximum atomic E-state index is 11.3. The first-order valence-corrected chi connectivity index (χ1v) is 6.21. The predicted molar refractivity (Wildman–Crippen MR) is 75.3 cm³/mol. The molecule has 6 heteroatoms. The highest BCUT2D eigenvalue weighted by molar-refractivity contribution is 6.35. The summed E-state index contributed by atoms with van der Waals surface area (Å²) in [6.07, 6.45) is 1.58. The van der Waals surface area contributed by atoms with Crippen molar-refractivity contribution in [1.29, 1.82) is 0 Å². The number of carbonyl (C=O) groups excluding carboxylic acids is 1. The SMILES string of the molecule is CCN(C(N)=O)c1cc2c(CO)ccc(Cl)c2cn1. The second-order valence-electron chi connectivity index (χ2n) is 4.04. The molecule has 0 aliphatic carbocycles. The van der Waals surface area contributed by atoms with Gasteiger partial charge in [0.05, 0.1) is 6.61 Å². The Labute approximate surface area is 115 Å². The van der Waals surface area contributed by atoms with Crippen molar-refractivity contribution in [1.82, 2.24) is 4.98 Å². The van der Waals surface area contributed by atoms with E-state index in [1.807, 2.05) is 6.92 Å². The Morgan fingerprint density at radius 3 is 2.79 bits per heavy atom. The zero-order valence-electron chi connectivity index (χ0n) is 10.4. The maximum absolute atomic E-state index is 11.3. The van der Waals surface area contributed by atoms with Crippen molar-refractivity contribution in [2.75, 3.05) is 11.4 Å². The zero-order valence-corrected chi connectivity index (χ0v) is 11.2. The van der Waals surface area contributed by atoms with E-state index in [0.29, 0.717) is 17.4 Å². The van der Waals surface area contributed by atoms with Crippen LogP contribution in [-0.4, -0.2) is 22.7 Å². The van der Waals surface area contributed by atoms with Crippen LogP contribution < -0.4 is 10.6 Å². The fourth-order valence-corrected chi connectivity index (χ4v) is 2.18. The van der Waals surface area contributed by atoms with E-state index in [4.69, 9.17) is 17.3 Å². The standard InChI is InChI=1S/C13H14ClN3O2/c1-2-17(13(15)19)12-5-9-8(7-18)3-4-11(14)10(9)6-16-12/h3-6,18H,2,7H2,1H3,(H2,15,19). The molecule has 2 rings (SSSR count). The molecule has 1 aromatic carbocycles. The second kappa shape index (κ2) is 5.42. The van der Waals surface area contributed by atoms with Gasteiger partial charge in [-0.25, -0.2) is 9.78 Å². The van der Waals surface area contributed by atoms with E-state index in [9.17, 15) is 9.90 Å². The second-order valence-corrected chi connectivity index (χ2v) is 4.44. The molecule has 0 bridgehead atoms. The summed E-state index contributed by atoms with van der Waals surface area (Å²) >= 11 is 6.09. The molecular formula is C13H14ClN3O2. The van der Waals surface area contributed by atoms with Gasteiger partial charge < -0.3 is 10.8 Å². The maximum Gasteiger partial charge on any atom is 0.320 e. The number of fused-ring (bicyclic) bond motifs is 1. The smallest absolute Gasteiger partial charge is 0.320 e. The highest BCUT2D eigenvalue weighted by Gasteiger charge is 2.13. The third kappa shape index (κ3) is 2.47. The summed E-state index contributed by atoms with van der Waals surface area (Å²) in [6, 6.07) is 4.60. The van der Waals surface area contributed by atoms with Gasteiger partial charge in [0.15, 0.2) is 0 Å². The van der Waals surface area contributed by atoms with Crippen LogP contribution in [0.2, 0.25) is 5.02 Å². The van der Waals surface area contributed by atoms with E-state index in [2.05, 4.69) is 4.98 Å². The average molecular weight is 280 g/mol. The molecule has 0 aliphatic rings. The van der Waals surface area contributed by atoms with Gasteiger partial charge in [0.25, 0.3) is 0 Å². The Balaban J connectivity index is 2.65. The number of nitrogens with zero attached hydrogens (tertiary/aromatic N) is 2. The Hall–Kier alpha value is -1.85. The van der Waals surface area contributed by atoms with Crippen LogP contribution in [0.25, 0.3) is 10.8 Å². The van der Waals surface area contributed by atoms with Gasteiger partial charge in [-0.2, -0.15) is 0 Å². The lowest BCUT2D eigenvalue weighted by atomic mass is 10.1. The molecule has 100 valence electrons. The zero-order chi connectivity index (χ0) is 14.0. The van der Waals surface area contributed by atoms with Gasteiger partial charge in [0.1, 0.15) is 5.82 Å². The lowest BCUT2D eigenvalue weighted by Crippen LogP contribution is -2.36. The van der Waals surface area contributed by atoms with Crippen LogP contribution in [0.4, 0.5) is 10.6 Å². The summed E-state index contributed by atoms with van der Waals surface area (Å²) in [4.78, 5) is 16.9. The van der Waals surface area contributed by atoms with Crippen LogP contribution in [0.15, 0.2) is 24.4 Å². The number of aromatic nitrogens is 1. The summed E-state index contributed by atoms with van der Waals surface area (Å²) in [5.41, 5.74) is 6.02. The van der Waals surface area contributed by atoms with Crippen molar-refractivity contribution in [3.05, 3.63) is 35.0 Å². The molecule has 0 atom stereocenters. The Morgan fingerprint density at radius 2 is 2.21 bits per heavy atom. The van der Waals surface area contributed by atoms with E-state index < -0.39 is 6.03 Å². The van der Waals surface area contributed by atoms with Gasteiger partial charge in [-0.3, -0.25) is 4.90 Å². The first kappa shape index (κ1) is 13.6. The Kier molecular flexibility index (Phi) is 3.87. The molecule has 0 aliphatic heterocycles. The van der Waals surface area contributed by atoms with Crippen LogP contribution >= 0.6 is 11.6 Å². The third-order valence-corrected chi connectivity index (χ3v) is 3.28. The monoisotopic (exact) mass is 279 g/mol. The average Bonchev–Trinajstić information content (AvgIpc) is 2.39. The van der Waals surface area contributed by atoms with Crippen LogP contribution in [-0.2, 0) is 6.61 Å². The number of halogens is 1. The highest BCUT2D eigenvalue weighted by atomic mass is 35.5. The minimum Gasteiger partial charge on any atom is -0.392 e. The number of anilines is 1. The molecule has 0 fully saturated rings.